The van der Waals surface area contributed by atoms with E-state index >= 15 is 0 Å². The van der Waals surface area contributed by atoms with Crippen molar-refractivity contribution < 1.29 is 23.9 Å². The maximum atomic E-state index is 13.0. The van der Waals surface area contributed by atoms with E-state index in [1.807, 2.05) is 24.3 Å². The Hall–Kier alpha value is -3.40. The van der Waals surface area contributed by atoms with Crippen molar-refractivity contribution >= 4 is 34.7 Å². The van der Waals surface area contributed by atoms with E-state index in [2.05, 4.69) is 46.6 Å². The quantitative estimate of drug-likeness (QED) is 0.185. The highest BCUT2D eigenvalue weighted by Crippen LogP contribution is 2.24. The number of thioether (sulfide) groups is 1. The summed E-state index contributed by atoms with van der Waals surface area (Å²) in [6, 6.07) is 12.9. The van der Waals surface area contributed by atoms with Crippen LogP contribution in [-0.4, -0.2) is 47.8 Å². The van der Waals surface area contributed by atoms with Crippen molar-refractivity contribution in [1.82, 2.24) is 16.2 Å². The molecule has 0 heterocycles. The van der Waals surface area contributed by atoms with Gasteiger partial charge in [0, 0.05) is 24.4 Å². The molecular formula is C31H44N4O5S. The molecule has 41 heavy (non-hydrogen) atoms. The molecule has 0 fully saturated rings. The molecule has 1 aliphatic rings. The van der Waals surface area contributed by atoms with Gasteiger partial charge in [0.05, 0.1) is 6.61 Å². The van der Waals surface area contributed by atoms with Gasteiger partial charge in [-0.15, -0.1) is 0 Å². The number of carbonyl (C=O) groups excluding carboxylic acids is 3. The number of carbonyl (C=O) groups is 3. The van der Waals surface area contributed by atoms with Gasteiger partial charge in [-0.1, -0.05) is 43.3 Å². The molecule has 4 N–H and O–H groups in total. The van der Waals surface area contributed by atoms with Crippen molar-refractivity contribution in [2.45, 2.75) is 84.3 Å². The molecule has 3 amide bonds. The fourth-order valence-electron chi connectivity index (χ4n) is 4.37. The van der Waals surface area contributed by atoms with Crippen molar-refractivity contribution in [3.05, 3.63) is 59.2 Å². The molecule has 9 nitrogen and oxygen atoms in total. The Morgan fingerprint density at radius 1 is 0.976 bits per heavy atom. The molecule has 0 aromatic heterocycles. The maximum absolute atomic E-state index is 13.0. The number of alkyl carbamates (subject to hydrolysis) is 1. The van der Waals surface area contributed by atoms with Gasteiger partial charge < -0.3 is 20.1 Å². The van der Waals surface area contributed by atoms with Crippen LogP contribution in [0, 0.1) is 0 Å². The first-order chi connectivity index (χ1) is 19.6. The van der Waals surface area contributed by atoms with E-state index in [1.165, 1.54) is 24.0 Å². The molecule has 0 unspecified atom stereocenters. The number of hydrogen-bond donors (Lipinski definition) is 4. The van der Waals surface area contributed by atoms with Gasteiger partial charge in [0.2, 0.25) is 0 Å². The number of amides is 3. The van der Waals surface area contributed by atoms with Gasteiger partial charge in [0.1, 0.15) is 17.4 Å². The fraction of sp³-hybridized carbons (Fsp3) is 0.516. The normalized spacial score (nSPS) is 13.4. The number of hydrogen-bond acceptors (Lipinski definition) is 7. The van der Waals surface area contributed by atoms with Crippen molar-refractivity contribution in [3.8, 4) is 5.75 Å². The zero-order chi connectivity index (χ0) is 29.7. The number of hydrazine groups is 1. The van der Waals surface area contributed by atoms with Gasteiger partial charge in [-0.2, -0.15) is 0 Å². The highest BCUT2D eigenvalue weighted by atomic mass is 32.2. The number of benzene rings is 2. The third-order valence-electron chi connectivity index (χ3n) is 6.44. The molecule has 1 atom stereocenters. The van der Waals surface area contributed by atoms with Crippen molar-refractivity contribution in [3.63, 3.8) is 0 Å². The molecule has 0 radical (unpaired) electrons. The van der Waals surface area contributed by atoms with Crippen LogP contribution in [0.25, 0.3) is 0 Å². The lowest BCUT2D eigenvalue weighted by Crippen LogP contribution is -2.53. The van der Waals surface area contributed by atoms with E-state index in [0.29, 0.717) is 18.9 Å². The van der Waals surface area contributed by atoms with Crippen molar-refractivity contribution in [1.29, 1.82) is 0 Å². The van der Waals surface area contributed by atoms with Crippen LogP contribution in [0.1, 0.15) is 70.1 Å². The van der Waals surface area contributed by atoms with Crippen LogP contribution >= 0.6 is 11.8 Å². The Morgan fingerprint density at radius 2 is 1.71 bits per heavy atom. The monoisotopic (exact) mass is 584 g/mol. The van der Waals surface area contributed by atoms with Gasteiger partial charge in [-0.25, -0.2) is 4.79 Å². The van der Waals surface area contributed by atoms with Gasteiger partial charge in [-0.05, 0) is 93.8 Å². The van der Waals surface area contributed by atoms with E-state index < -0.39 is 28.9 Å². The summed E-state index contributed by atoms with van der Waals surface area (Å²) in [6.07, 6.45) is 6.25. The second-order valence-electron chi connectivity index (χ2n) is 11.1. The van der Waals surface area contributed by atoms with Crippen LogP contribution in [0.5, 0.6) is 5.75 Å². The average Bonchev–Trinajstić information content (AvgIpc) is 2.93. The average molecular weight is 585 g/mol. The summed E-state index contributed by atoms with van der Waals surface area (Å²) >= 11 is 1.06. The molecule has 10 heteroatoms. The minimum absolute atomic E-state index is 0.202. The molecule has 0 saturated heterocycles. The second-order valence-corrected chi connectivity index (χ2v) is 12.2. The van der Waals surface area contributed by atoms with Crippen LogP contribution < -0.4 is 26.2 Å². The molecule has 0 bridgehead atoms. The lowest BCUT2D eigenvalue weighted by atomic mass is 9.91. The molecule has 3 rings (SSSR count). The third kappa shape index (κ3) is 11.9. The Balaban J connectivity index is 1.47. The first kappa shape index (κ1) is 32.1. The molecule has 1 aliphatic carbocycles. The van der Waals surface area contributed by atoms with Crippen LogP contribution in [0.15, 0.2) is 42.5 Å². The zero-order valence-electron chi connectivity index (χ0n) is 24.6. The summed E-state index contributed by atoms with van der Waals surface area (Å²) in [5.41, 5.74) is 8.85. The standard InChI is InChI=1S/C31H44N4O5S/c1-5-6-18-39-26-15-11-22(12-16-26)20-27(33-29(37)40-31(2,3)4)28(36)34-35-30(38)41-19-17-32-25-14-13-23-9-7-8-10-24(23)21-25/h11-16,21,27,32H,5-10,17-20H2,1-4H3,(H,33,37)(H,34,36)(H,35,38)/t27-/m0/s1. The Labute approximate surface area is 247 Å². The molecular weight excluding hydrogens is 540 g/mol. The summed E-state index contributed by atoms with van der Waals surface area (Å²) in [6.45, 7) is 8.59. The summed E-state index contributed by atoms with van der Waals surface area (Å²) in [7, 11) is 0. The van der Waals surface area contributed by atoms with E-state index in [-0.39, 0.29) is 6.42 Å². The second kappa shape index (κ2) is 16.1. The predicted octanol–water partition coefficient (Wildman–Crippen LogP) is 5.77. The topological polar surface area (TPSA) is 118 Å². The number of nitrogens with one attached hydrogen (secondary N) is 4. The van der Waals surface area contributed by atoms with Crippen molar-refractivity contribution in [2.24, 2.45) is 0 Å². The number of anilines is 1. The molecule has 0 saturated carbocycles. The molecule has 224 valence electrons. The zero-order valence-corrected chi connectivity index (χ0v) is 25.5. The van der Waals surface area contributed by atoms with Gasteiger partial charge in [-0.3, -0.25) is 20.4 Å². The number of unbranched alkanes of at least 4 members (excludes halogenated alkanes) is 1. The Kier molecular flexibility index (Phi) is 12.6. The lowest BCUT2D eigenvalue weighted by molar-refractivity contribution is -0.123. The fourth-order valence-corrected chi connectivity index (χ4v) is 4.88. The first-order valence-corrected chi connectivity index (χ1v) is 15.4. The van der Waals surface area contributed by atoms with Crippen LogP contribution in [0.2, 0.25) is 0 Å². The Bertz CT molecular complexity index is 1150. The van der Waals surface area contributed by atoms with Gasteiger partial charge in [0.15, 0.2) is 0 Å². The smallest absolute Gasteiger partial charge is 0.408 e. The van der Waals surface area contributed by atoms with E-state index in [4.69, 9.17) is 9.47 Å². The minimum atomic E-state index is -0.965. The lowest BCUT2D eigenvalue weighted by Gasteiger charge is -2.23. The maximum Gasteiger partial charge on any atom is 0.408 e. The van der Waals surface area contributed by atoms with Crippen LogP contribution in [0.4, 0.5) is 15.3 Å². The SMILES string of the molecule is CCCCOc1ccc(C[C@H](NC(=O)OC(C)(C)C)C(=O)NNC(=O)SCCNc2ccc3c(c2)CCCC3)cc1. The summed E-state index contributed by atoms with van der Waals surface area (Å²) in [5.74, 6) is 0.708. The Morgan fingerprint density at radius 3 is 2.41 bits per heavy atom. The van der Waals surface area contributed by atoms with E-state index in [9.17, 15) is 14.4 Å². The highest BCUT2D eigenvalue weighted by molar-refractivity contribution is 8.13. The highest BCUT2D eigenvalue weighted by Gasteiger charge is 2.25. The van der Waals surface area contributed by atoms with E-state index in [1.54, 1.807) is 20.8 Å². The van der Waals surface area contributed by atoms with Crippen molar-refractivity contribution in [2.75, 3.05) is 24.2 Å². The number of fused-ring (bicyclic) bond motifs is 1. The first-order valence-electron chi connectivity index (χ1n) is 14.4. The number of rotatable bonds is 12. The van der Waals surface area contributed by atoms with Gasteiger partial charge in [0.25, 0.3) is 11.1 Å². The number of ether oxygens (including phenoxy) is 2. The molecule has 0 aliphatic heterocycles. The van der Waals surface area contributed by atoms with Crippen LogP contribution in [-0.2, 0) is 28.8 Å². The van der Waals surface area contributed by atoms with E-state index in [0.717, 1.165) is 54.4 Å². The summed E-state index contributed by atoms with van der Waals surface area (Å²) in [4.78, 5) is 37.8. The summed E-state index contributed by atoms with van der Waals surface area (Å²) in [5, 5.41) is 5.59. The summed E-state index contributed by atoms with van der Waals surface area (Å²) < 4.78 is 11.0. The van der Waals surface area contributed by atoms with Crippen LogP contribution in [0.3, 0.4) is 0 Å². The largest absolute Gasteiger partial charge is 0.494 e. The van der Waals surface area contributed by atoms with Gasteiger partial charge >= 0.3 is 6.09 Å². The molecule has 2 aromatic carbocycles. The minimum Gasteiger partial charge on any atom is -0.494 e. The molecule has 0 spiro atoms. The molecule has 2 aromatic rings. The third-order valence-corrected chi connectivity index (χ3v) is 7.21. The number of aryl methyl sites for hydroxylation is 2. The predicted molar refractivity (Wildman–Crippen MR) is 164 cm³/mol.